The molecule has 0 bridgehead atoms. The van der Waals surface area contributed by atoms with Crippen molar-refractivity contribution in [3.8, 4) is 5.75 Å². The molecule has 4 rings (SSSR count). The Morgan fingerprint density at radius 3 is 2.52 bits per heavy atom. The fraction of sp³-hybridized carbons (Fsp3) is 0.300. The van der Waals surface area contributed by atoms with E-state index in [1.54, 1.807) is 13.4 Å². The zero-order valence-electron chi connectivity index (χ0n) is 14.4. The van der Waals surface area contributed by atoms with Crippen molar-refractivity contribution in [3.63, 3.8) is 0 Å². The number of rotatable bonds is 4. The van der Waals surface area contributed by atoms with Crippen molar-refractivity contribution in [1.82, 2.24) is 14.9 Å². The van der Waals surface area contributed by atoms with Crippen LogP contribution in [-0.2, 0) is 6.54 Å². The number of benzene rings is 2. The van der Waals surface area contributed by atoms with Gasteiger partial charge in [0.05, 0.1) is 12.6 Å². The molecule has 2 heterocycles. The van der Waals surface area contributed by atoms with Crippen LogP contribution in [0.2, 0.25) is 0 Å². The summed E-state index contributed by atoms with van der Waals surface area (Å²) in [6.07, 6.45) is 1.65. The highest BCUT2D eigenvalue weighted by Crippen LogP contribution is 2.27. The lowest BCUT2D eigenvalue weighted by Gasteiger charge is -2.35. The Kier molecular flexibility index (Phi) is 4.48. The van der Waals surface area contributed by atoms with Gasteiger partial charge in [-0.25, -0.2) is 9.97 Å². The van der Waals surface area contributed by atoms with Crippen molar-refractivity contribution in [2.75, 3.05) is 38.2 Å². The van der Waals surface area contributed by atoms with E-state index in [-0.39, 0.29) is 0 Å². The molecule has 1 aliphatic rings. The molecule has 0 radical (unpaired) electrons. The molecular weight excluding hydrogens is 312 g/mol. The van der Waals surface area contributed by atoms with Crippen molar-refractivity contribution in [1.29, 1.82) is 0 Å². The van der Waals surface area contributed by atoms with Crippen LogP contribution in [0.4, 0.5) is 5.82 Å². The summed E-state index contributed by atoms with van der Waals surface area (Å²) in [6, 6.07) is 16.7. The Morgan fingerprint density at radius 1 is 0.960 bits per heavy atom. The van der Waals surface area contributed by atoms with E-state index in [9.17, 15) is 0 Å². The summed E-state index contributed by atoms with van der Waals surface area (Å²) in [5.41, 5.74) is 2.30. The van der Waals surface area contributed by atoms with E-state index in [1.807, 2.05) is 12.1 Å². The summed E-state index contributed by atoms with van der Waals surface area (Å²) in [5.74, 6) is 1.84. The van der Waals surface area contributed by atoms with Crippen molar-refractivity contribution in [3.05, 3.63) is 60.4 Å². The zero-order valence-corrected chi connectivity index (χ0v) is 14.4. The SMILES string of the molecule is COc1ccc2c(N3CCN(Cc4ccccc4)CC3)ncnc2c1. The third-order valence-electron chi connectivity index (χ3n) is 4.74. The second kappa shape index (κ2) is 7.07. The van der Waals surface area contributed by atoms with Gasteiger partial charge in [-0.15, -0.1) is 0 Å². The lowest BCUT2D eigenvalue weighted by molar-refractivity contribution is 0.249. The standard InChI is InChI=1S/C20H22N4O/c1-25-17-7-8-18-19(13-17)21-15-22-20(18)24-11-9-23(10-12-24)14-16-5-3-2-4-6-16/h2-8,13,15H,9-12,14H2,1H3. The number of hydrogen-bond acceptors (Lipinski definition) is 5. The molecule has 1 saturated heterocycles. The second-order valence-electron chi connectivity index (χ2n) is 6.33. The fourth-order valence-corrected chi connectivity index (χ4v) is 3.36. The molecule has 128 valence electrons. The van der Waals surface area contributed by atoms with E-state index in [4.69, 9.17) is 4.74 Å². The fourth-order valence-electron chi connectivity index (χ4n) is 3.36. The van der Waals surface area contributed by atoms with Gasteiger partial charge in [0, 0.05) is 44.2 Å². The molecular formula is C20H22N4O. The minimum Gasteiger partial charge on any atom is -0.497 e. The molecule has 1 fully saturated rings. The average Bonchev–Trinajstić information content (AvgIpc) is 2.68. The first-order valence-electron chi connectivity index (χ1n) is 8.63. The number of piperazine rings is 1. The lowest BCUT2D eigenvalue weighted by atomic mass is 10.2. The molecule has 2 aromatic carbocycles. The molecule has 1 aromatic heterocycles. The summed E-state index contributed by atoms with van der Waals surface area (Å²) in [4.78, 5) is 13.8. The van der Waals surface area contributed by atoms with Crippen molar-refractivity contribution in [2.45, 2.75) is 6.54 Å². The van der Waals surface area contributed by atoms with Gasteiger partial charge in [0.1, 0.15) is 17.9 Å². The highest BCUT2D eigenvalue weighted by atomic mass is 16.5. The van der Waals surface area contributed by atoms with Crippen LogP contribution >= 0.6 is 0 Å². The van der Waals surface area contributed by atoms with Gasteiger partial charge in [0.25, 0.3) is 0 Å². The molecule has 0 spiro atoms. The van der Waals surface area contributed by atoms with Gasteiger partial charge in [-0.3, -0.25) is 4.90 Å². The molecule has 0 unspecified atom stereocenters. The molecule has 1 aliphatic heterocycles. The third-order valence-corrected chi connectivity index (χ3v) is 4.74. The van der Waals surface area contributed by atoms with Crippen LogP contribution in [0.5, 0.6) is 5.75 Å². The highest BCUT2D eigenvalue weighted by Gasteiger charge is 2.20. The van der Waals surface area contributed by atoms with Gasteiger partial charge in [0.15, 0.2) is 0 Å². The van der Waals surface area contributed by atoms with Crippen LogP contribution in [0.1, 0.15) is 5.56 Å². The quantitative estimate of drug-likeness (QED) is 0.734. The maximum absolute atomic E-state index is 5.30. The Hall–Kier alpha value is -2.66. The predicted molar refractivity (Wildman–Crippen MR) is 100 cm³/mol. The van der Waals surface area contributed by atoms with Crippen molar-refractivity contribution in [2.24, 2.45) is 0 Å². The topological polar surface area (TPSA) is 41.5 Å². The number of aromatic nitrogens is 2. The lowest BCUT2D eigenvalue weighted by Crippen LogP contribution is -2.46. The van der Waals surface area contributed by atoms with Gasteiger partial charge in [0.2, 0.25) is 0 Å². The summed E-state index contributed by atoms with van der Waals surface area (Å²) < 4.78 is 5.30. The van der Waals surface area contributed by atoms with E-state index < -0.39 is 0 Å². The van der Waals surface area contributed by atoms with E-state index in [1.165, 1.54) is 5.56 Å². The largest absolute Gasteiger partial charge is 0.497 e. The second-order valence-corrected chi connectivity index (χ2v) is 6.33. The summed E-state index contributed by atoms with van der Waals surface area (Å²) in [5, 5.41) is 1.08. The molecule has 0 atom stereocenters. The first-order chi connectivity index (χ1) is 12.3. The molecule has 0 amide bonds. The van der Waals surface area contributed by atoms with Gasteiger partial charge in [-0.1, -0.05) is 30.3 Å². The van der Waals surface area contributed by atoms with Gasteiger partial charge in [-0.05, 0) is 17.7 Å². The maximum Gasteiger partial charge on any atom is 0.139 e. The first-order valence-corrected chi connectivity index (χ1v) is 8.63. The number of fused-ring (bicyclic) bond motifs is 1. The molecule has 0 saturated carbocycles. The smallest absolute Gasteiger partial charge is 0.139 e. The van der Waals surface area contributed by atoms with Gasteiger partial charge < -0.3 is 9.64 Å². The minimum atomic E-state index is 0.824. The summed E-state index contributed by atoms with van der Waals surface area (Å²) >= 11 is 0. The molecule has 0 N–H and O–H groups in total. The molecule has 3 aromatic rings. The Bertz CT molecular complexity index is 845. The maximum atomic E-state index is 5.30. The van der Waals surface area contributed by atoms with Crippen molar-refractivity contribution < 1.29 is 4.74 Å². The number of nitrogens with zero attached hydrogens (tertiary/aromatic N) is 4. The Balaban J connectivity index is 1.48. The molecule has 5 heteroatoms. The van der Waals surface area contributed by atoms with Crippen LogP contribution in [0.15, 0.2) is 54.9 Å². The number of ether oxygens (including phenoxy) is 1. The van der Waals surface area contributed by atoms with E-state index >= 15 is 0 Å². The summed E-state index contributed by atoms with van der Waals surface area (Å²) in [6.45, 7) is 5.04. The van der Waals surface area contributed by atoms with E-state index in [2.05, 4.69) is 56.2 Å². The molecule has 5 nitrogen and oxygen atoms in total. The van der Waals surface area contributed by atoms with Gasteiger partial charge in [-0.2, -0.15) is 0 Å². The van der Waals surface area contributed by atoms with E-state index in [0.717, 1.165) is 55.2 Å². The molecule has 0 aliphatic carbocycles. The van der Waals surface area contributed by atoms with Crippen LogP contribution in [0.25, 0.3) is 10.9 Å². The third kappa shape index (κ3) is 3.42. The number of methoxy groups -OCH3 is 1. The van der Waals surface area contributed by atoms with Crippen LogP contribution in [0, 0.1) is 0 Å². The van der Waals surface area contributed by atoms with E-state index in [0.29, 0.717) is 0 Å². The Morgan fingerprint density at radius 2 is 1.76 bits per heavy atom. The Labute approximate surface area is 147 Å². The van der Waals surface area contributed by atoms with Crippen molar-refractivity contribution >= 4 is 16.7 Å². The number of hydrogen-bond donors (Lipinski definition) is 0. The predicted octanol–water partition coefficient (Wildman–Crippen LogP) is 2.96. The average molecular weight is 334 g/mol. The van der Waals surface area contributed by atoms with Gasteiger partial charge >= 0.3 is 0 Å². The van der Waals surface area contributed by atoms with Crippen LogP contribution < -0.4 is 9.64 Å². The highest BCUT2D eigenvalue weighted by molar-refractivity contribution is 5.90. The minimum absolute atomic E-state index is 0.824. The van der Waals surface area contributed by atoms with Crippen LogP contribution in [0.3, 0.4) is 0 Å². The normalized spacial score (nSPS) is 15.5. The zero-order chi connectivity index (χ0) is 17.1. The monoisotopic (exact) mass is 334 g/mol. The van der Waals surface area contributed by atoms with Crippen LogP contribution in [-0.4, -0.2) is 48.2 Å². The number of anilines is 1. The first kappa shape index (κ1) is 15.8. The summed E-state index contributed by atoms with van der Waals surface area (Å²) in [7, 11) is 1.68. The molecule has 25 heavy (non-hydrogen) atoms.